The molecule has 1 rings (SSSR count). The van der Waals surface area contributed by atoms with Crippen LogP contribution in [0.1, 0.15) is 11.9 Å². The van der Waals surface area contributed by atoms with Crippen LogP contribution >= 0.6 is 15.9 Å². The minimum atomic E-state index is -1.20. The van der Waals surface area contributed by atoms with Crippen LogP contribution in [-0.4, -0.2) is 21.5 Å². The fourth-order valence-corrected chi connectivity index (χ4v) is 1.36. The Labute approximate surface area is 71.7 Å². The van der Waals surface area contributed by atoms with E-state index < -0.39 is 6.17 Å². The normalized spacial score (nSPS) is 13.5. The summed E-state index contributed by atoms with van der Waals surface area (Å²) in [7, 11) is 1.62. The summed E-state index contributed by atoms with van der Waals surface area (Å²) < 4.78 is 14.7. The summed E-state index contributed by atoms with van der Waals surface area (Å²) >= 11 is 3.07. The molecule has 0 aromatic carbocycles. The highest BCUT2D eigenvalue weighted by Gasteiger charge is 2.17. The molecule has 2 N–H and O–H groups in total. The third kappa shape index (κ3) is 1.57. The summed E-state index contributed by atoms with van der Waals surface area (Å²) in [4.78, 5) is 0. The fourth-order valence-electron chi connectivity index (χ4n) is 0.783. The Bertz CT molecular complexity index is 229. The van der Waals surface area contributed by atoms with Gasteiger partial charge in [0.15, 0.2) is 10.8 Å². The summed E-state index contributed by atoms with van der Waals surface area (Å²) in [5.41, 5.74) is 5.52. The number of nitrogens with two attached hydrogens (primary N) is 1. The van der Waals surface area contributed by atoms with Crippen molar-refractivity contribution in [1.29, 1.82) is 0 Å². The Balaban J connectivity index is 3.00. The minimum Gasteiger partial charge on any atom is -0.327 e. The molecule has 1 aromatic rings. The molecule has 0 spiro atoms. The quantitative estimate of drug-likeness (QED) is 0.796. The Hall–Kier alpha value is -0.490. The van der Waals surface area contributed by atoms with Crippen LogP contribution in [0, 0.1) is 0 Å². The van der Waals surface area contributed by atoms with Crippen molar-refractivity contribution < 1.29 is 4.39 Å². The van der Waals surface area contributed by atoms with E-state index in [0.717, 1.165) is 0 Å². The van der Waals surface area contributed by atoms with Gasteiger partial charge in [-0.05, 0) is 15.9 Å². The van der Waals surface area contributed by atoms with Crippen LogP contribution in [0.5, 0.6) is 0 Å². The number of rotatable bonds is 2. The van der Waals surface area contributed by atoms with E-state index in [-0.39, 0.29) is 6.54 Å². The molecule has 0 aliphatic carbocycles. The van der Waals surface area contributed by atoms with E-state index in [1.807, 2.05) is 0 Å². The highest BCUT2D eigenvalue weighted by molar-refractivity contribution is 9.10. The summed E-state index contributed by atoms with van der Waals surface area (Å²) in [6.07, 6.45) is -1.20. The van der Waals surface area contributed by atoms with Gasteiger partial charge in [-0.15, -0.1) is 5.10 Å². The van der Waals surface area contributed by atoms with Crippen molar-refractivity contribution >= 4 is 15.9 Å². The van der Waals surface area contributed by atoms with Gasteiger partial charge in [-0.2, -0.15) is 0 Å². The van der Waals surface area contributed by atoms with Crippen LogP contribution in [-0.2, 0) is 7.05 Å². The van der Waals surface area contributed by atoms with Crippen LogP contribution in [0.25, 0.3) is 0 Å². The second-order valence-corrected chi connectivity index (χ2v) is 2.84. The summed E-state index contributed by atoms with van der Waals surface area (Å²) in [6.45, 7) is -0.0557. The van der Waals surface area contributed by atoms with E-state index in [2.05, 4.69) is 26.2 Å². The maximum atomic E-state index is 13.0. The molecule has 4 nitrogen and oxygen atoms in total. The van der Waals surface area contributed by atoms with Gasteiger partial charge in [0, 0.05) is 13.6 Å². The van der Waals surface area contributed by atoms with Crippen LogP contribution in [0.15, 0.2) is 4.60 Å². The molecule has 0 radical (unpaired) electrons. The average molecular weight is 223 g/mol. The predicted octanol–water partition coefficient (Wildman–Crippen LogP) is 0.547. The molecule has 1 unspecified atom stereocenters. The first-order valence-corrected chi connectivity index (χ1v) is 3.85. The molecule has 0 saturated carbocycles. The van der Waals surface area contributed by atoms with Gasteiger partial charge in [0.05, 0.1) is 0 Å². The Morgan fingerprint density at radius 1 is 1.82 bits per heavy atom. The van der Waals surface area contributed by atoms with Crippen molar-refractivity contribution in [3.63, 3.8) is 0 Å². The number of aryl methyl sites for hydroxylation is 1. The van der Waals surface area contributed by atoms with E-state index >= 15 is 0 Å². The number of halogens is 2. The molecule has 0 aliphatic heterocycles. The van der Waals surface area contributed by atoms with Gasteiger partial charge in [-0.25, -0.2) is 9.07 Å². The lowest BCUT2D eigenvalue weighted by Gasteiger charge is -2.03. The molecule has 0 amide bonds. The van der Waals surface area contributed by atoms with Gasteiger partial charge >= 0.3 is 0 Å². The molecule has 0 aliphatic rings. The molecule has 1 atom stereocenters. The van der Waals surface area contributed by atoms with Crippen LogP contribution in [0.3, 0.4) is 0 Å². The van der Waals surface area contributed by atoms with E-state index in [0.29, 0.717) is 10.3 Å². The van der Waals surface area contributed by atoms with Crippen molar-refractivity contribution in [2.24, 2.45) is 12.8 Å². The van der Waals surface area contributed by atoms with Gasteiger partial charge < -0.3 is 5.73 Å². The maximum absolute atomic E-state index is 13.0. The third-order valence-electron chi connectivity index (χ3n) is 1.33. The molecular weight excluding hydrogens is 215 g/mol. The van der Waals surface area contributed by atoms with E-state index in [4.69, 9.17) is 5.73 Å². The Morgan fingerprint density at radius 2 is 2.45 bits per heavy atom. The van der Waals surface area contributed by atoms with Crippen molar-refractivity contribution in [1.82, 2.24) is 15.0 Å². The largest absolute Gasteiger partial charge is 0.327 e. The minimum absolute atomic E-state index is 0.0557. The number of hydrogen-bond donors (Lipinski definition) is 1. The van der Waals surface area contributed by atoms with Gasteiger partial charge in [0.1, 0.15) is 5.69 Å². The lowest BCUT2D eigenvalue weighted by atomic mass is 10.3. The second kappa shape index (κ2) is 3.27. The second-order valence-electron chi connectivity index (χ2n) is 2.09. The molecule has 0 fully saturated rings. The number of hydrogen-bond acceptors (Lipinski definition) is 3. The SMILES string of the molecule is Cn1nnc(Br)c1C(F)CN. The van der Waals surface area contributed by atoms with Gasteiger partial charge in [0.2, 0.25) is 0 Å². The van der Waals surface area contributed by atoms with Gasteiger partial charge in [-0.3, -0.25) is 0 Å². The van der Waals surface area contributed by atoms with E-state index in [1.165, 1.54) is 4.68 Å². The number of aromatic nitrogens is 3. The predicted molar refractivity (Wildman–Crippen MR) is 41.6 cm³/mol. The van der Waals surface area contributed by atoms with Crippen molar-refractivity contribution in [2.75, 3.05) is 6.54 Å². The zero-order chi connectivity index (χ0) is 8.43. The monoisotopic (exact) mass is 222 g/mol. The molecule has 1 aromatic heterocycles. The fraction of sp³-hybridized carbons (Fsp3) is 0.600. The molecule has 1 heterocycles. The Kier molecular flexibility index (Phi) is 2.56. The molecule has 6 heteroatoms. The standard InChI is InChI=1S/C5H8BrFN4/c1-11-4(3(7)2-8)5(6)9-10-11/h3H,2,8H2,1H3. The third-order valence-corrected chi connectivity index (χ3v) is 1.90. The van der Waals surface area contributed by atoms with Crippen molar-refractivity contribution in [3.05, 3.63) is 10.3 Å². The van der Waals surface area contributed by atoms with E-state index in [1.54, 1.807) is 7.05 Å². The van der Waals surface area contributed by atoms with Gasteiger partial charge in [0.25, 0.3) is 0 Å². The van der Waals surface area contributed by atoms with Crippen LogP contribution in [0.2, 0.25) is 0 Å². The number of alkyl halides is 1. The summed E-state index contributed by atoms with van der Waals surface area (Å²) in [5.74, 6) is 0. The van der Waals surface area contributed by atoms with Gasteiger partial charge in [-0.1, -0.05) is 5.21 Å². The van der Waals surface area contributed by atoms with E-state index in [9.17, 15) is 4.39 Å². The van der Waals surface area contributed by atoms with Crippen LogP contribution < -0.4 is 5.73 Å². The summed E-state index contributed by atoms with van der Waals surface area (Å²) in [6, 6.07) is 0. The molecular formula is C5H8BrFN4. The molecule has 62 valence electrons. The maximum Gasteiger partial charge on any atom is 0.156 e. The first-order chi connectivity index (χ1) is 5.16. The average Bonchev–Trinajstić information content (AvgIpc) is 2.30. The first-order valence-electron chi connectivity index (χ1n) is 3.06. The highest BCUT2D eigenvalue weighted by atomic mass is 79.9. The Morgan fingerprint density at radius 3 is 2.82 bits per heavy atom. The van der Waals surface area contributed by atoms with Crippen molar-refractivity contribution in [2.45, 2.75) is 6.17 Å². The molecule has 0 bridgehead atoms. The topological polar surface area (TPSA) is 56.7 Å². The zero-order valence-corrected chi connectivity index (χ0v) is 7.55. The van der Waals surface area contributed by atoms with Crippen LogP contribution in [0.4, 0.5) is 4.39 Å². The molecule has 0 saturated heterocycles. The smallest absolute Gasteiger partial charge is 0.156 e. The molecule has 11 heavy (non-hydrogen) atoms. The zero-order valence-electron chi connectivity index (χ0n) is 5.96. The number of nitrogens with zero attached hydrogens (tertiary/aromatic N) is 3. The highest BCUT2D eigenvalue weighted by Crippen LogP contribution is 2.21. The lowest BCUT2D eigenvalue weighted by Crippen LogP contribution is -2.12. The van der Waals surface area contributed by atoms with Crippen molar-refractivity contribution in [3.8, 4) is 0 Å². The first kappa shape index (κ1) is 8.61. The summed E-state index contributed by atoms with van der Waals surface area (Å²) in [5, 5.41) is 7.23. The lowest BCUT2D eigenvalue weighted by molar-refractivity contribution is 0.332.